The van der Waals surface area contributed by atoms with E-state index in [1.807, 2.05) is 0 Å². The topological polar surface area (TPSA) is 69.0 Å². The zero-order valence-corrected chi connectivity index (χ0v) is 17.5. The van der Waals surface area contributed by atoms with Gasteiger partial charge in [-0.1, -0.05) is 49.7 Å². The van der Waals surface area contributed by atoms with Crippen molar-refractivity contribution in [3.05, 3.63) is 76.5 Å². The van der Waals surface area contributed by atoms with E-state index in [-0.39, 0.29) is 23.2 Å². The van der Waals surface area contributed by atoms with E-state index >= 15 is 0 Å². The molecule has 0 radical (unpaired) electrons. The Kier molecular flexibility index (Phi) is 5.81. The van der Waals surface area contributed by atoms with Crippen LogP contribution in [0.15, 0.2) is 59.5 Å². The van der Waals surface area contributed by atoms with Gasteiger partial charge in [0, 0.05) is 5.56 Å². The van der Waals surface area contributed by atoms with Gasteiger partial charge in [-0.3, -0.25) is 4.79 Å². The van der Waals surface area contributed by atoms with Gasteiger partial charge in [-0.25, -0.2) is 17.5 Å². The van der Waals surface area contributed by atoms with Gasteiger partial charge < -0.3 is 0 Å². The van der Waals surface area contributed by atoms with E-state index < -0.39 is 10.7 Å². The molecule has 0 N–H and O–H groups in total. The molecule has 2 aromatic carbocycles. The van der Waals surface area contributed by atoms with E-state index in [1.165, 1.54) is 12.1 Å². The molecule has 4 rings (SSSR count). The van der Waals surface area contributed by atoms with Crippen molar-refractivity contribution >= 4 is 10.7 Å². The van der Waals surface area contributed by atoms with E-state index in [9.17, 15) is 17.6 Å². The molecule has 5 nitrogen and oxygen atoms in total. The average molecular weight is 427 g/mol. The third-order valence-electron chi connectivity index (χ3n) is 5.84. The van der Waals surface area contributed by atoms with Gasteiger partial charge in [0.1, 0.15) is 16.5 Å². The summed E-state index contributed by atoms with van der Waals surface area (Å²) in [6.45, 7) is 2.14. The molecule has 1 aromatic heterocycles. The van der Waals surface area contributed by atoms with Crippen molar-refractivity contribution in [1.29, 1.82) is 0 Å². The van der Waals surface area contributed by atoms with Crippen LogP contribution in [0.25, 0.3) is 22.3 Å². The second-order valence-electron chi connectivity index (χ2n) is 7.85. The third-order valence-corrected chi connectivity index (χ3v) is 6.47. The van der Waals surface area contributed by atoms with Crippen LogP contribution in [0.4, 0.5) is 4.39 Å². The molecular weight excluding hydrogens is 403 g/mol. The van der Waals surface area contributed by atoms with Crippen molar-refractivity contribution in [2.24, 2.45) is 5.92 Å². The lowest BCUT2D eigenvalue weighted by molar-refractivity contribution is 0.360. The Hall–Kier alpha value is -2.80. The molecule has 1 fully saturated rings. The SMILES string of the molecule is CC1CCCC1n1ncc(-c2ccc(C[SH](=O)=O)cc2)c(-c2ccc(F)cc2)c1=O. The molecule has 1 aliphatic rings. The van der Waals surface area contributed by atoms with Gasteiger partial charge in [0.05, 0.1) is 23.6 Å². The van der Waals surface area contributed by atoms with Crippen molar-refractivity contribution < 1.29 is 12.8 Å². The first-order valence-electron chi connectivity index (χ1n) is 10.0. The van der Waals surface area contributed by atoms with Crippen molar-refractivity contribution in [3.63, 3.8) is 0 Å². The molecule has 2 unspecified atom stereocenters. The van der Waals surface area contributed by atoms with E-state index in [4.69, 9.17) is 0 Å². The highest BCUT2D eigenvalue weighted by molar-refractivity contribution is 7.71. The number of benzene rings is 2. The molecule has 0 spiro atoms. The van der Waals surface area contributed by atoms with E-state index in [2.05, 4.69) is 12.0 Å². The molecule has 0 amide bonds. The molecule has 30 heavy (non-hydrogen) atoms. The standard InChI is InChI=1S/C23H23FN2O3S/c1-15-3-2-4-21(15)26-23(27)22(18-9-11-19(24)12-10-18)20(13-25-26)17-7-5-16(6-8-17)14-30(28)29/h5-13,15,21,30H,2-4,14H2,1H3. The van der Waals surface area contributed by atoms with Crippen LogP contribution in [0.5, 0.6) is 0 Å². The fourth-order valence-electron chi connectivity index (χ4n) is 4.25. The molecule has 0 aliphatic heterocycles. The first-order valence-corrected chi connectivity index (χ1v) is 11.4. The van der Waals surface area contributed by atoms with Crippen LogP contribution in [0.1, 0.15) is 37.8 Å². The van der Waals surface area contributed by atoms with Gasteiger partial charge in [0.2, 0.25) is 0 Å². The summed E-state index contributed by atoms with van der Waals surface area (Å²) in [5.74, 6) is -0.0227. The summed E-state index contributed by atoms with van der Waals surface area (Å²) in [5, 5.41) is 4.49. The lowest BCUT2D eigenvalue weighted by Gasteiger charge is -2.20. The van der Waals surface area contributed by atoms with Gasteiger partial charge in [0.25, 0.3) is 5.56 Å². The maximum atomic E-state index is 13.5. The molecule has 7 heteroatoms. The average Bonchev–Trinajstić information content (AvgIpc) is 3.14. The zero-order chi connectivity index (χ0) is 21.3. The summed E-state index contributed by atoms with van der Waals surface area (Å²) >= 11 is 0. The number of thiol groups is 1. The van der Waals surface area contributed by atoms with E-state index in [0.29, 0.717) is 28.2 Å². The maximum absolute atomic E-state index is 13.5. The number of nitrogens with zero attached hydrogens (tertiary/aromatic N) is 2. The van der Waals surface area contributed by atoms with Crippen molar-refractivity contribution in [3.8, 4) is 22.3 Å². The normalized spacial score (nSPS) is 18.8. The quantitative estimate of drug-likeness (QED) is 0.621. The molecule has 0 bridgehead atoms. The Labute approximate surface area is 176 Å². The number of aromatic nitrogens is 2. The van der Waals surface area contributed by atoms with E-state index in [0.717, 1.165) is 24.8 Å². The van der Waals surface area contributed by atoms with E-state index in [1.54, 1.807) is 47.3 Å². The second-order valence-corrected chi connectivity index (χ2v) is 8.83. The highest BCUT2D eigenvalue weighted by Crippen LogP contribution is 2.35. The highest BCUT2D eigenvalue weighted by atomic mass is 32.2. The summed E-state index contributed by atoms with van der Waals surface area (Å²) in [7, 11) is -2.51. The zero-order valence-electron chi connectivity index (χ0n) is 16.6. The molecule has 156 valence electrons. The maximum Gasteiger partial charge on any atom is 0.275 e. The first-order chi connectivity index (χ1) is 14.4. The Morgan fingerprint density at radius 1 is 1.03 bits per heavy atom. The second kappa shape index (κ2) is 8.52. The molecule has 3 aromatic rings. The van der Waals surface area contributed by atoms with Crippen LogP contribution in [0.3, 0.4) is 0 Å². The smallest absolute Gasteiger partial charge is 0.267 e. The van der Waals surface area contributed by atoms with Crippen LogP contribution in [0.2, 0.25) is 0 Å². The Balaban J connectivity index is 1.86. The minimum Gasteiger partial charge on any atom is -0.267 e. The summed E-state index contributed by atoms with van der Waals surface area (Å²) < 4.78 is 37.0. The van der Waals surface area contributed by atoms with Crippen LogP contribution in [-0.4, -0.2) is 18.2 Å². The number of hydrogen-bond donors (Lipinski definition) is 1. The highest BCUT2D eigenvalue weighted by Gasteiger charge is 2.28. The van der Waals surface area contributed by atoms with Crippen LogP contribution in [0, 0.1) is 11.7 Å². The monoisotopic (exact) mass is 426 g/mol. The minimum atomic E-state index is -2.51. The Bertz CT molecular complexity index is 1180. The Morgan fingerprint density at radius 2 is 1.70 bits per heavy atom. The van der Waals surface area contributed by atoms with Gasteiger partial charge in [-0.15, -0.1) is 0 Å². The molecule has 2 atom stereocenters. The van der Waals surface area contributed by atoms with Crippen LogP contribution >= 0.6 is 0 Å². The van der Waals surface area contributed by atoms with Gasteiger partial charge in [-0.05, 0) is 47.6 Å². The number of rotatable bonds is 5. The predicted octanol–water partition coefficient (Wildman–Crippen LogP) is 4.19. The summed E-state index contributed by atoms with van der Waals surface area (Å²) in [6.07, 6.45) is 4.74. The summed E-state index contributed by atoms with van der Waals surface area (Å²) in [5.41, 5.74) is 3.00. The van der Waals surface area contributed by atoms with Gasteiger partial charge in [-0.2, -0.15) is 5.10 Å². The predicted molar refractivity (Wildman–Crippen MR) is 115 cm³/mol. The van der Waals surface area contributed by atoms with Gasteiger partial charge in [0.15, 0.2) is 0 Å². The third kappa shape index (κ3) is 4.07. The molecule has 0 saturated heterocycles. The van der Waals surface area contributed by atoms with Crippen LogP contribution < -0.4 is 5.56 Å². The summed E-state index contributed by atoms with van der Waals surface area (Å²) in [4.78, 5) is 13.5. The molecule has 1 heterocycles. The number of hydrogen-bond acceptors (Lipinski definition) is 4. The number of halogens is 1. The fourth-order valence-corrected chi connectivity index (χ4v) is 4.75. The summed E-state index contributed by atoms with van der Waals surface area (Å²) in [6, 6.07) is 13.0. The lowest BCUT2D eigenvalue weighted by Crippen LogP contribution is -2.30. The molecule has 1 aliphatic carbocycles. The molecular formula is C23H23FN2O3S. The lowest BCUT2D eigenvalue weighted by atomic mass is 9.96. The van der Waals surface area contributed by atoms with Gasteiger partial charge >= 0.3 is 0 Å². The van der Waals surface area contributed by atoms with Crippen molar-refractivity contribution in [2.75, 3.05) is 0 Å². The van der Waals surface area contributed by atoms with Crippen LogP contribution in [-0.2, 0) is 16.5 Å². The first kappa shape index (κ1) is 20.5. The minimum absolute atomic E-state index is 0.0279. The van der Waals surface area contributed by atoms with Crippen molar-refractivity contribution in [2.45, 2.75) is 38.0 Å². The fraction of sp³-hybridized carbons (Fsp3) is 0.304. The Morgan fingerprint density at radius 3 is 2.30 bits per heavy atom. The van der Waals surface area contributed by atoms with Crippen molar-refractivity contribution in [1.82, 2.24) is 9.78 Å². The largest absolute Gasteiger partial charge is 0.275 e. The molecule has 1 saturated carbocycles.